The second-order valence-corrected chi connectivity index (χ2v) is 7.46. The average molecular weight is 383 g/mol. The van der Waals surface area contributed by atoms with Gasteiger partial charge in [-0.1, -0.05) is 17.7 Å². The second-order valence-electron chi connectivity index (χ2n) is 5.28. The van der Waals surface area contributed by atoms with Crippen molar-refractivity contribution in [3.8, 4) is 0 Å². The average Bonchev–Trinajstić information content (AvgIpc) is 2.59. The second kappa shape index (κ2) is 8.44. The number of halogens is 1. The summed E-state index contributed by atoms with van der Waals surface area (Å²) in [6, 6.07) is 10.9. The summed E-state index contributed by atoms with van der Waals surface area (Å²) in [7, 11) is -2.14. The molecule has 2 aromatic rings. The van der Waals surface area contributed by atoms with E-state index in [0.717, 1.165) is 5.56 Å². The Morgan fingerprint density at radius 3 is 2.48 bits per heavy atom. The molecule has 2 aromatic carbocycles. The summed E-state index contributed by atoms with van der Waals surface area (Å²) in [5, 5.41) is 3.32. The highest BCUT2D eigenvalue weighted by Gasteiger charge is 2.15. The fourth-order valence-electron chi connectivity index (χ4n) is 2.08. The number of carbonyl (C=O) groups is 1. The van der Waals surface area contributed by atoms with Crippen molar-refractivity contribution in [3.05, 3.63) is 58.6 Å². The lowest BCUT2D eigenvalue weighted by Gasteiger charge is -2.10. The van der Waals surface area contributed by atoms with Crippen LogP contribution in [0, 0.1) is 6.92 Å². The number of hydrogen-bond donors (Lipinski definition) is 2. The third kappa shape index (κ3) is 5.02. The molecule has 25 heavy (non-hydrogen) atoms. The monoisotopic (exact) mass is 382 g/mol. The van der Waals surface area contributed by atoms with Crippen LogP contribution in [-0.2, 0) is 14.8 Å². The van der Waals surface area contributed by atoms with Gasteiger partial charge in [0.25, 0.3) is 5.91 Å². The quantitative estimate of drug-likeness (QED) is 0.721. The smallest absolute Gasteiger partial charge is 0.255 e. The molecule has 0 aromatic heterocycles. The van der Waals surface area contributed by atoms with E-state index in [9.17, 15) is 13.2 Å². The van der Waals surface area contributed by atoms with Gasteiger partial charge in [0.05, 0.1) is 11.5 Å². The Morgan fingerprint density at radius 2 is 1.84 bits per heavy atom. The van der Waals surface area contributed by atoms with Gasteiger partial charge in [-0.15, -0.1) is 0 Å². The van der Waals surface area contributed by atoms with E-state index in [0.29, 0.717) is 16.3 Å². The predicted molar refractivity (Wildman–Crippen MR) is 97.6 cm³/mol. The number of methoxy groups -OCH3 is 1. The maximum Gasteiger partial charge on any atom is 0.255 e. The predicted octanol–water partition coefficient (Wildman–Crippen LogP) is 2.83. The van der Waals surface area contributed by atoms with Crippen LogP contribution in [0.2, 0.25) is 5.02 Å². The van der Waals surface area contributed by atoms with Gasteiger partial charge in [-0.3, -0.25) is 4.79 Å². The zero-order valence-electron chi connectivity index (χ0n) is 13.9. The van der Waals surface area contributed by atoms with E-state index in [4.69, 9.17) is 16.3 Å². The molecular formula is C17H19ClN2O4S. The minimum absolute atomic E-state index is 0.0825. The van der Waals surface area contributed by atoms with Crippen LogP contribution in [0.5, 0.6) is 0 Å². The van der Waals surface area contributed by atoms with Crippen LogP contribution in [0.4, 0.5) is 5.69 Å². The van der Waals surface area contributed by atoms with Crippen molar-refractivity contribution < 1.29 is 17.9 Å². The summed E-state index contributed by atoms with van der Waals surface area (Å²) in [5.74, 6) is -0.346. The van der Waals surface area contributed by atoms with E-state index < -0.39 is 10.0 Å². The zero-order valence-corrected chi connectivity index (χ0v) is 15.4. The highest BCUT2D eigenvalue weighted by molar-refractivity contribution is 7.89. The SMILES string of the molecule is COCCNS(=O)(=O)c1ccc(C(=O)Nc2cccc(Cl)c2C)cc1. The van der Waals surface area contributed by atoms with Gasteiger partial charge in [-0.25, -0.2) is 13.1 Å². The lowest BCUT2D eigenvalue weighted by molar-refractivity contribution is 0.102. The lowest BCUT2D eigenvalue weighted by atomic mass is 10.1. The maximum absolute atomic E-state index is 12.3. The van der Waals surface area contributed by atoms with Crippen molar-refractivity contribution in [2.45, 2.75) is 11.8 Å². The molecule has 0 saturated carbocycles. The van der Waals surface area contributed by atoms with Crippen molar-refractivity contribution in [2.75, 3.05) is 25.6 Å². The number of benzene rings is 2. The molecule has 0 saturated heterocycles. The first-order valence-electron chi connectivity index (χ1n) is 7.50. The van der Waals surface area contributed by atoms with Gasteiger partial charge in [-0.05, 0) is 48.9 Å². The van der Waals surface area contributed by atoms with Crippen LogP contribution in [-0.4, -0.2) is 34.6 Å². The van der Waals surface area contributed by atoms with Crippen LogP contribution >= 0.6 is 11.6 Å². The van der Waals surface area contributed by atoms with E-state index in [2.05, 4.69) is 10.0 Å². The summed E-state index contributed by atoms with van der Waals surface area (Å²) in [6.45, 7) is 2.26. The van der Waals surface area contributed by atoms with E-state index in [1.54, 1.807) is 25.1 Å². The molecule has 6 nitrogen and oxygen atoms in total. The molecule has 0 spiro atoms. The Bertz CT molecular complexity index is 851. The van der Waals surface area contributed by atoms with E-state index >= 15 is 0 Å². The number of ether oxygens (including phenoxy) is 1. The topological polar surface area (TPSA) is 84.5 Å². The van der Waals surface area contributed by atoms with Gasteiger partial charge in [0.1, 0.15) is 0 Å². The largest absolute Gasteiger partial charge is 0.383 e. The first-order chi connectivity index (χ1) is 11.8. The fourth-order valence-corrected chi connectivity index (χ4v) is 3.27. The van der Waals surface area contributed by atoms with E-state index in [1.807, 2.05) is 0 Å². The van der Waals surface area contributed by atoms with Gasteiger partial charge in [0, 0.05) is 29.9 Å². The van der Waals surface area contributed by atoms with Gasteiger partial charge < -0.3 is 10.1 Å². The third-order valence-electron chi connectivity index (χ3n) is 3.54. The van der Waals surface area contributed by atoms with E-state index in [1.165, 1.54) is 31.4 Å². The summed E-state index contributed by atoms with van der Waals surface area (Å²) >= 11 is 6.03. The number of hydrogen-bond acceptors (Lipinski definition) is 4. The first kappa shape index (κ1) is 19.4. The molecule has 0 fully saturated rings. The molecule has 1 amide bonds. The Balaban J connectivity index is 2.11. The number of rotatable bonds is 7. The van der Waals surface area contributed by atoms with Crippen molar-refractivity contribution >= 4 is 33.2 Å². The fraction of sp³-hybridized carbons (Fsp3) is 0.235. The minimum atomic E-state index is -3.63. The van der Waals surface area contributed by atoms with Crippen molar-refractivity contribution in [3.63, 3.8) is 0 Å². The molecular weight excluding hydrogens is 364 g/mol. The summed E-state index contributed by atoms with van der Waals surface area (Å²) in [4.78, 5) is 12.4. The maximum atomic E-state index is 12.3. The molecule has 8 heteroatoms. The van der Waals surface area contributed by atoms with Crippen LogP contribution in [0.25, 0.3) is 0 Å². The van der Waals surface area contributed by atoms with Gasteiger partial charge in [0.2, 0.25) is 10.0 Å². The molecule has 2 N–H and O–H groups in total. The Labute approximate surface area is 152 Å². The molecule has 0 heterocycles. The van der Waals surface area contributed by atoms with Crippen LogP contribution < -0.4 is 10.0 Å². The van der Waals surface area contributed by atoms with Crippen molar-refractivity contribution in [1.82, 2.24) is 4.72 Å². The zero-order chi connectivity index (χ0) is 18.4. The molecule has 0 aliphatic heterocycles. The standard InChI is InChI=1S/C17H19ClN2O4S/c1-12-15(18)4-3-5-16(12)20-17(21)13-6-8-14(9-7-13)25(22,23)19-10-11-24-2/h3-9,19H,10-11H2,1-2H3,(H,20,21). The van der Waals surface area contributed by atoms with Gasteiger partial charge in [-0.2, -0.15) is 0 Å². The van der Waals surface area contributed by atoms with Crippen LogP contribution in [0.3, 0.4) is 0 Å². The normalized spacial score (nSPS) is 11.3. The van der Waals surface area contributed by atoms with Crippen LogP contribution in [0.15, 0.2) is 47.4 Å². The summed E-state index contributed by atoms with van der Waals surface area (Å²) in [5.41, 5.74) is 1.71. The Morgan fingerprint density at radius 1 is 1.16 bits per heavy atom. The highest BCUT2D eigenvalue weighted by Crippen LogP contribution is 2.23. The van der Waals surface area contributed by atoms with E-state index in [-0.39, 0.29) is 24.0 Å². The number of sulfonamides is 1. The number of nitrogens with one attached hydrogen (secondary N) is 2. The highest BCUT2D eigenvalue weighted by atomic mass is 35.5. The molecule has 134 valence electrons. The molecule has 0 atom stereocenters. The van der Waals surface area contributed by atoms with Gasteiger partial charge in [0.15, 0.2) is 0 Å². The van der Waals surface area contributed by atoms with Crippen molar-refractivity contribution in [1.29, 1.82) is 0 Å². The molecule has 0 unspecified atom stereocenters. The van der Waals surface area contributed by atoms with Crippen LogP contribution in [0.1, 0.15) is 15.9 Å². The Hall–Kier alpha value is -1.93. The molecule has 0 aliphatic rings. The number of anilines is 1. The third-order valence-corrected chi connectivity index (χ3v) is 5.43. The number of carbonyl (C=O) groups excluding carboxylic acids is 1. The molecule has 2 rings (SSSR count). The van der Waals surface area contributed by atoms with Crippen molar-refractivity contribution in [2.24, 2.45) is 0 Å². The summed E-state index contributed by atoms with van der Waals surface area (Å²) in [6.07, 6.45) is 0. The molecule has 0 bridgehead atoms. The summed E-state index contributed by atoms with van der Waals surface area (Å²) < 4.78 is 31.4. The molecule has 0 aliphatic carbocycles. The minimum Gasteiger partial charge on any atom is -0.383 e. The molecule has 0 radical (unpaired) electrons. The van der Waals surface area contributed by atoms with Gasteiger partial charge >= 0.3 is 0 Å². The first-order valence-corrected chi connectivity index (χ1v) is 9.36. The lowest BCUT2D eigenvalue weighted by Crippen LogP contribution is -2.27. The number of amides is 1. The Kier molecular flexibility index (Phi) is 6.55.